The molecule has 0 fully saturated rings. The van der Waals surface area contributed by atoms with Crippen molar-refractivity contribution in [3.63, 3.8) is 0 Å². The van der Waals surface area contributed by atoms with Crippen LogP contribution in [0.15, 0.2) is 40.8 Å². The van der Waals surface area contributed by atoms with Crippen LogP contribution in [0.25, 0.3) is 0 Å². The van der Waals surface area contributed by atoms with Crippen LogP contribution in [0.3, 0.4) is 0 Å². The zero-order valence-corrected chi connectivity index (χ0v) is 12.6. The van der Waals surface area contributed by atoms with Crippen molar-refractivity contribution in [1.82, 2.24) is 0 Å². The summed E-state index contributed by atoms with van der Waals surface area (Å²) in [4.78, 5) is 2.31. The van der Waals surface area contributed by atoms with Gasteiger partial charge in [0.05, 0.1) is 12.3 Å². The Bertz CT molecular complexity index is 606. The fourth-order valence-corrected chi connectivity index (χ4v) is 2.95. The zero-order chi connectivity index (χ0) is 14.8. The molecule has 0 aliphatic carbocycles. The number of anilines is 1. The van der Waals surface area contributed by atoms with E-state index in [4.69, 9.17) is 14.9 Å². The van der Waals surface area contributed by atoms with Crippen LogP contribution in [0.2, 0.25) is 0 Å². The predicted octanol–water partition coefficient (Wildman–Crippen LogP) is 3.27. The number of hydrogen-bond acceptors (Lipinski definition) is 4. The third kappa shape index (κ3) is 2.76. The van der Waals surface area contributed by atoms with Gasteiger partial charge in [-0.05, 0) is 44.5 Å². The van der Waals surface area contributed by atoms with E-state index >= 15 is 0 Å². The Morgan fingerprint density at radius 1 is 1.19 bits per heavy atom. The van der Waals surface area contributed by atoms with Crippen molar-refractivity contribution in [1.29, 1.82) is 0 Å². The summed E-state index contributed by atoms with van der Waals surface area (Å²) in [5.41, 5.74) is 7.36. The minimum atomic E-state index is -0.0401. The first kappa shape index (κ1) is 14.0. The highest BCUT2D eigenvalue weighted by atomic mass is 16.5. The minimum absolute atomic E-state index is 0.0153. The lowest BCUT2D eigenvalue weighted by Crippen LogP contribution is -2.39. The molecule has 2 aromatic rings. The highest BCUT2D eigenvalue weighted by Crippen LogP contribution is 2.37. The van der Waals surface area contributed by atoms with Gasteiger partial charge in [-0.15, -0.1) is 0 Å². The molecule has 0 radical (unpaired) electrons. The second kappa shape index (κ2) is 5.82. The Hall–Kier alpha value is -1.94. The zero-order valence-electron chi connectivity index (χ0n) is 12.6. The average molecular weight is 286 g/mol. The van der Waals surface area contributed by atoms with Gasteiger partial charge in [0.2, 0.25) is 0 Å². The standard InChI is InChI=1S/C17H22N2O2/c1-12-8-9-16(21-12)17(13(2)18)19-10-5-11-20-15-7-4-3-6-14(15)19/h3-4,6-9,13,17H,5,10-11,18H2,1-2H3. The molecular formula is C17H22N2O2. The molecule has 3 rings (SSSR count). The maximum Gasteiger partial charge on any atom is 0.142 e. The molecule has 2 atom stereocenters. The molecular weight excluding hydrogens is 264 g/mol. The lowest BCUT2D eigenvalue weighted by molar-refractivity contribution is 0.321. The number of aryl methyl sites for hydroxylation is 1. The highest BCUT2D eigenvalue weighted by Gasteiger charge is 2.29. The molecule has 0 amide bonds. The van der Waals surface area contributed by atoms with E-state index in [0.717, 1.165) is 42.5 Å². The van der Waals surface area contributed by atoms with Crippen LogP contribution in [0.1, 0.15) is 30.9 Å². The number of rotatable bonds is 3. The highest BCUT2D eigenvalue weighted by molar-refractivity contribution is 5.60. The van der Waals surface area contributed by atoms with Gasteiger partial charge in [0, 0.05) is 12.6 Å². The maximum absolute atomic E-state index is 6.27. The van der Waals surface area contributed by atoms with E-state index in [1.54, 1.807) is 0 Å². The van der Waals surface area contributed by atoms with Gasteiger partial charge in [-0.3, -0.25) is 0 Å². The Kier molecular flexibility index (Phi) is 3.88. The van der Waals surface area contributed by atoms with Gasteiger partial charge in [-0.2, -0.15) is 0 Å². The number of para-hydroxylation sites is 2. The molecule has 0 saturated heterocycles. The molecule has 1 aliphatic rings. The fraction of sp³-hybridized carbons (Fsp3) is 0.412. The van der Waals surface area contributed by atoms with Crippen LogP contribution in [0.4, 0.5) is 5.69 Å². The van der Waals surface area contributed by atoms with Gasteiger partial charge in [-0.25, -0.2) is 0 Å². The van der Waals surface area contributed by atoms with Crippen molar-refractivity contribution in [2.45, 2.75) is 32.4 Å². The monoisotopic (exact) mass is 286 g/mol. The number of fused-ring (bicyclic) bond motifs is 1. The molecule has 0 bridgehead atoms. The van der Waals surface area contributed by atoms with Crippen molar-refractivity contribution in [2.75, 3.05) is 18.1 Å². The first-order valence-electron chi connectivity index (χ1n) is 7.47. The largest absolute Gasteiger partial charge is 0.491 e. The van der Waals surface area contributed by atoms with Gasteiger partial charge in [0.15, 0.2) is 0 Å². The molecule has 112 valence electrons. The lowest BCUT2D eigenvalue weighted by Gasteiger charge is -2.34. The SMILES string of the molecule is Cc1ccc(C(C(C)N)N2CCCOc3ccccc32)o1. The van der Waals surface area contributed by atoms with Crippen LogP contribution < -0.4 is 15.4 Å². The Morgan fingerprint density at radius 2 is 2.00 bits per heavy atom. The maximum atomic E-state index is 6.27. The molecule has 4 nitrogen and oxygen atoms in total. The van der Waals surface area contributed by atoms with Crippen molar-refractivity contribution < 1.29 is 9.15 Å². The number of ether oxygens (including phenoxy) is 1. The van der Waals surface area contributed by atoms with Crippen LogP contribution in [0, 0.1) is 6.92 Å². The molecule has 1 aromatic heterocycles. The molecule has 0 spiro atoms. The van der Waals surface area contributed by atoms with E-state index in [9.17, 15) is 0 Å². The summed E-state index contributed by atoms with van der Waals surface area (Å²) in [6.45, 7) is 5.62. The van der Waals surface area contributed by atoms with E-state index in [0.29, 0.717) is 0 Å². The van der Waals surface area contributed by atoms with Crippen LogP contribution in [-0.2, 0) is 0 Å². The number of nitrogens with zero attached hydrogens (tertiary/aromatic N) is 1. The Balaban J connectivity index is 2.03. The molecule has 0 saturated carbocycles. The van der Waals surface area contributed by atoms with Crippen molar-refractivity contribution in [3.8, 4) is 5.75 Å². The number of hydrogen-bond donors (Lipinski definition) is 1. The molecule has 2 N–H and O–H groups in total. The first-order chi connectivity index (χ1) is 10.2. The van der Waals surface area contributed by atoms with E-state index in [1.165, 1.54) is 0 Å². The third-order valence-corrected chi connectivity index (χ3v) is 3.86. The Morgan fingerprint density at radius 3 is 2.71 bits per heavy atom. The number of nitrogens with two attached hydrogens (primary N) is 1. The molecule has 1 aromatic carbocycles. The summed E-state index contributed by atoms with van der Waals surface area (Å²) in [6.07, 6.45) is 0.970. The molecule has 4 heteroatoms. The van der Waals surface area contributed by atoms with Crippen LogP contribution >= 0.6 is 0 Å². The lowest BCUT2D eigenvalue weighted by atomic mass is 10.0. The first-order valence-corrected chi connectivity index (χ1v) is 7.47. The summed E-state index contributed by atoms with van der Waals surface area (Å²) in [7, 11) is 0. The second-order valence-corrected chi connectivity index (χ2v) is 5.62. The normalized spacial score (nSPS) is 17.6. The summed E-state index contributed by atoms with van der Waals surface area (Å²) < 4.78 is 11.7. The van der Waals surface area contributed by atoms with E-state index in [2.05, 4.69) is 11.0 Å². The summed E-state index contributed by atoms with van der Waals surface area (Å²) in [5.74, 6) is 2.75. The molecule has 21 heavy (non-hydrogen) atoms. The molecule has 2 unspecified atom stereocenters. The van der Waals surface area contributed by atoms with Crippen molar-refractivity contribution >= 4 is 5.69 Å². The predicted molar refractivity (Wildman–Crippen MR) is 83.7 cm³/mol. The van der Waals surface area contributed by atoms with E-state index < -0.39 is 0 Å². The average Bonchev–Trinajstić information content (AvgIpc) is 2.77. The molecule has 2 heterocycles. The van der Waals surface area contributed by atoms with Gasteiger partial charge in [-0.1, -0.05) is 12.1 Å². The smallest absolute Gasteiger partial charge is 0.142 e. The quantitative estimate of drug-likeness (QED) is 0.941. The third-order valence-electron chi connectivity index (χ3n) is 3.86. The fourth-order valence-electron chi connectivity index (χ4n) is 2.95. The van der Waals surface area contributed by atoms with Gasteiger partial charge in [0.1, 0.15) is 23.3 Å². The van der Waals surface area contributed by atoms with Crippen LogP contribution in [-0.4, -0.2) is 19.2 Å². The van der Waals surface area contributed by atoms with Gasteiger partial charge < -0.3 is 19.8 Å². The number of furan rings is 1. The van der Waals surface area contributed by atoms with Crippen LogP contribution in [0.5, 0.6) is 5.75 Å². The van der Waals surface area contributed by atoms with E-state index in [-0.39, 0.29) is 12.1 Å². The minimum Gasteiger partial charge on any atom is -0.491 e. The molecule has 1 aliphatic heterocycles. The summed E-state index contributed by atoms with van der Waals surface area (Å²) >= 11 is 0. The van der Waals surface area contributed by atoms with Gasteiger partial charge in [0.25, 0.3) is 0 Å². The topological polar surface area (TPSA) is 51.6 Å². The second-order valence-electron chi connectivity index (χ2n) is 5.62. The summed E-state index contributed by atoms with van der Waals surface area (Å²) in [6, 6.07) is 12.1. The Labute approximate surface area is 125 Å². The van der Waals surface area contributed by atoms with Crippen molar-refractivity contribution in [2.24, 2.45) is 5.73 Å². The van der Waals surface area contributed by atoms with Crippen molar-refractivity contribution in [3.05, 3.63) is 47.9 Å². The number of benzene rings is 1. The van der Waals surface area contributed by atoms with E-state index in [1.807, 2.05) is 44.2 Å². The van der Waals surface area contributed by atoms with Gasteiger partial charge >= 0.3 is 0 Å². The summed E-state index contributed by atoms with van der Waals surface area (Å²) in [5, 5.41) is 0.